The highest BCUT2D eigenvalue weighted by molar-refractivity contribution is 5.17. The van der Waals surface area contributed by atoms with Gasteiger partial charge in [-0.05, 0) is 25.0 Å². The number of hydrogen-bond donors (Lipinski definition) is 0. The Kier molecular flexibility index (Phi) is 2.31. The van der Waals surface area contributed by atoms with Gasteiger partial charge in [-0.2, -0.15) is 0 Å². The van der Waals surface area contributed by atoms with E-state index in [4.69, 9.17) is 0 Å². The molecule has 2 aromatic rings. The first kappa shape index (κ1) is 8.94. The first-order valence-corrected chi connectivity index (χ1v) is 4.64. The van der Waals surface area contributed by atoms with Crippen LogP contribution in [-0.4, -0.2) is 14.5 Å². The topological polar surface area (TPSA) is 30.7 Å². The lowest BCUT2D eigenvalue weighted by atomic mass is 10.2. The second-order valence-electron chi connectivity index (χ2n) is 3.47. The van der Waals surface area contributed by atoms with E-state index in [1.807, 2.05) is 31.7 Å². The van der Waals surface area contributed by atoms with Crippen molar-refractivity contribution in [1.29, 1.82) is 0 Å². The molecule has 2 aromatic heterocycles. The van der Waals surface area contributed by atoms with Gasteiger partial charge in [0.1, 0.15) is 5.82 Å². The van der Waals surface area contributed by atoms with Crippen molar-refractivity contribution in [2.45, 2.75) is 20.4 Å². The summed E-state index contributed by atoms with van der Waals surface area (Å²) in [5.41, 5.74) is 2.41. The van der Waals surface area contributed by atoms with E-state index >= 15 is 0 Å². The third kappa shape index (κ3) is 1.82. The molecule has 0 aliphatic heterocycles. The Hall–Kier alpha value is -1.64. The fourth-order valence-corrected chi connectivity index (χ4v) is 1.47. The van der Waals surface area contributed by atoms with Crippen LogP contribution < -0.4 is 0 Å². The first-order chi connectivity index (χ1) is 6.75. The SMILES string of the molecule is Cc1cncc(Cn2ccnc2C)c1. The van der Waals surface area contributed by atoms with Crippen molar-refractivity contribution in [3.63, 3.8) is 0 Å². The molecule has 0 saturated carbocycles. The predicted octanol–water partition coefficient (Wildman–Crippen LogP) is 1.94. The minimum absolute atomic E-state index is 0.848. The summed E-state index contributed by atoms with van der Waals surface area (Å²) in [4.78, 5) is 8.34. The van der Waals surface area contributed by atoms with Crippen LogP contribution in [-0.2, 0) is 6.54 Å². The lowest BCUT2D eigenvalue weighted by molar-refractivity contribution is 0.758. The summed E-state index contributed by atoms with van der Waals surface area (Å²) in [7, 11) is 0. The van der Waals surface area contributed by atoms with Crippen molar-refractivity contribution in [1.82, 2.24) is 14.5 Å². The van der Waals surface area contributed by atoms with Crippen molar-refractivity contribution >= 4 is 0 Å². The molecule has 0 spiro atoms. The van der Waals surface area contributed by atoms with Crippen LogP contribution in [0.25, 0.3) is 0 Å². The Morgan fingerprint density at radius 1 is 1.29 bits per heavy atom. The molecule has 0 aliphatic carbocycles. The average molecular weight is 187 g/mol. The van der Waals surface area contributed by atoms with Gasteiger partial charge in [-0.15, -0.1) is 0 Å². The van der Waals surface area contributed by atoms with Gasteiger partial charge in [-0.1, -0.05) is 6.07 Å². The Morgan fingerprint density at radius 2 is 2.14 bits per heavy atom. The molecule has 0 amide bonds. The van der Waals surface area contributed by atoms with E-state index in [0.717, 1.165) is 12.4 Å². The molecule has 0 saturated heterocycles. The van der Waals surface area contributed by atoms with Gasteiger partial charge in [0.15, 0.2) is 0 Å². The Balaban J connectivity index is 2.23. The molecule has 2 rings (SSSR count). The third-order valence-corrected chi connectivity index (χ3v) is 2.21. The van der Waals surface area contributed by atoms with Crippen LogP contribution in [0.2, 0.25) is 0 Å². The number of nitrogens with zero attached hydrogens (tertiary/aromatic N) is 3. The molecule has 0 N–H and O–H groups in total. The lowest BCUT2D eigenvalue weighted by Crippen LogP contribution is -2.01. The number of aromatic nitrogens is 3. The quantitative estimate of drug-likeness (QED) is 0.719. The maximum atomic E-state index is 4.18. The molecule has 0 aliphatic rings. The van der Waals surface area contributed by atoms with Crippen LogP contribution in [0, 0.1) is 13.8 Å². The van der Waals surface area contributed by atoms with Gasteiger partial charge in [-0.25, -0.2) is 4.98 Å². The highest BCUT2D eigenvalue weighted by Gasteiger charge is 1.98. The molecule has 0 aromatic carbocycles. The standard InChI is InChI=1S/C11H13N3/c1-9-5-11(7-12-6-9)8-14-4-3-13-10(14)2/h3-7H,8H2,1-2H3. The van der Waals surface area contributed by atoms with E-state index < -0.39 is 0 Å². The van der Waals surface area contributed by atoms with E-state index in [1.54, 1.807) is 0 Å². The predicted molar refractivity (Wildman–Crippen MR) is 55.0 cm³/mol. The van der Waals surface area contributed by atoms with Gasteiger partial charge in [0.2, 0.25) is 0 Å². The van der Waals surface area contributed by atoms with Crippen LogP contribution in [0.3, 0.4) is 0 Å². The summed E-state index contributed by atoms with van der Waals surface area (Å²) in [6.07, 6.45) is 7.56. The zero-order valence-electron chi connectivity index (χ0n) is 8.44. The molecular weight excluding hydrogens is 174 g/mol. The third-order valence-electron chi connectivity index (χ3n) is 2.21. The first-order valence-electron chi connectivity index (χ1n) is 4.64. The van der Waals surface area contributed by atoms with Gasteiger partial charge in [-0.3, -0.25) is 4.98 Å². The van der Waals surface area contributed by atoms with Gasteiger partial charge in [0, 0.05) is 24.8 Å². The lowest BCUT2D eigenvalue weighted by Gasteiger charge is -2.04. The number of pyridine rings is 1. The summed E-state index contributed by atoms with van der Waals surface area (Å²) in [6, 6.07) is 2.15. The minimum atomic E-state index is 0.848. The summed E-state index contributed by atoms with van der Waals surface area (Å²) in [5, 5.41) is 0. The molecule has 3 nitrogen and oxygen atoms in total. The molecule has 14 heavy (non-hydrogen) atoms. The second kappa shape index (κ2) is 3.62. The summed E-state index contributed by atoms with van der Waals surface area (Å²) >= 11 is 0. The zero-order chi connectivity index (χ0) is 9.97. The molecule has 0 radical (unpaired) electrons. The monoisotopic (exact) mass is 187 g/mol. The van der Waals surface area contributed by atoms with E-state index in [2.05, 4.69) is 27.5 Å². The zero-order valence-corrected chi connectivity index (χ0v) is 8.44. The van der Waals surface area contributed by atoms with Crippen LogP contribution in [0.5, 0.6) is 0 Å². The summed E-state index contributed by atoms with van der Waals surface area (Å²) in [6.45, 7) is 4.90. The van der Waals surface area contributed by atoms with Gasteiger partial charge in [0.05, 0.1) is 6.54 Å². The van der Waals surface area contributed by atoms with Crippen molar-refractivity contribution in [2.75, 3.05) is 0 Å². The minimum Gasteiger partial charge on any atom is -0.331 e. The molecule has 0 bridgehead atoms. The number of imidazole rings is 1. The maximum absolute atomic E-state index is 4.18. The molecule has 3 heteroatoms. The highest BCUT2D eigenvalue weighted by atomic mass is 15.0. The molecule has 0 unspecified atom stereocenters. The van der Waals surface area contributed by atoms with E-state index in [0.29, 0.717) is 0 Å². The van der Waals surface area contributed by atoms with Crippen molar-refractivity contribution in [2.24, 2.45) is 0 Å². The number of rotatable bonds is 2. The summed E-state index contributed by atoms with van der Waals surface area (Å²) in [5.74, 6) is 1.03. The Bertz CT molecular complexity index is 432. The second-order valence-corrected chi connectivity index (χ2v) is 3.47. The molecule has 0 atom stereocenters. The van der Waals surface area contributed by atoms with Crippen LogP contribution in [0.15, 0.2) is 30.9 Å². The van der Waals surface area contributed by atoms with Crippen molar-refractivity contribution in [3.05, 3.63) is 47.8 Å². The van der Waals surface area contributed by atoms with Crippen molar-refractivity contribution in [3.8, 4) is 0 Å². The Labute approximate surface area is 83.4 Å². The molecular formula is C11H13N3. The normalized spacial score (nSPS) is 10.4. The van der Waals surface area contributed by atoms with Gasteiger partial charge >= 0.3 is 0 Å². The molecule has 0 fully saturated rings. The van der Waals surface area contributed by atoms with Crippen LogP contribution in [0.4, 0.5) is 0 Å². The van der Waals surface area contributed by atoms with E-state index in [9.17, 15) is 0 Å². The van der Waals surface area contributed by atoms with Crippen molar-refractivity contribution < 1.29 is 0 Å². The maximum Gasteiger partial charge on any atom is 0.105 e. The average Bonchev–Trinajstić information content (AvgIpc) is 2.52. The van der Waals surface area contributed by atoms with Gasteiger partial charge in [0.25, 0.3) is 0 Å². The smallest absolute Gasteiger partial charge is 0.105 e. The van der Waals surface area contributed by atoms with E-state index in [-0.39, 0.29) is 0 Å². The fourth-order valence-electron chi connectivity index (χ4n) is 1.47. The summed E-state index contributed by atoms with van der Waals surface area (Å²) < 4.78 is 2.11. The van der Waals surface area contributed by atoms with E-state index in [1.165, 1.54) is 11.1 Å². The molecule has 2 heterocycles. The Morgan fingerprint density at radius 3 is 2.79 bits per heavy atom. The fraction of sp³-hybridized carbons (Fsp3) is 0.273. The van der Waals surface area contributed by atoms with Crippen LogP contribution >= 0.6 is 0 Å². The number of hydrogen-bond acceptors (Lipinski definition) is 2. The molecule has 72 valence electrons. The number of aryl methyl sites for hydroxylation is 2. The highest BCUT2D eigenvalue weighted by Crippen LogP contribution is 2.05. The van der Waals surface area contributed by atoms with Crippen LogP contribution in [0.1, 0.15) is 17.0 Å². The van der Waals surface area contributed by atoms with Gasteiger partial charge < -0.3 is 4.57 Å². The largest absolute Gasteiger partial charge is 0.331 e.